The second-order valence-electron chi connectivity index (χ2n) is 3.12. The minimum absolute atomic E-state index is 0.206. The number of carbonyl (C=O) groups is 1. The zero-order valence-electron chi connectivity index (χ0n) is 9.17. The van der Waals surface area contributed by atoms with E-state index >= 15 is 0 Å². The van der Waals surface area contributed by atoms with Crippen molar-refractivity contribution < 1.29 is 13.9 Å². The van der Waals surface area contributed by atoms with Crippen molar-refractivity contribution in [1.29, 1.82) is 0 Å². The molecule has 0 aliphatic heterocycles. The molecule has 1 rings (SSSR count). The molecule has 0 atom stereocenters. The van der Waals surface area contributed by atoms with Crippen molar-refractivity contribution in [3.8, 4) is 5.75 Å². The molecular formula is C11H13BrFNO2. The lowest BCUT2D eigenvalue weighted by Crippen LogP contribution is -2.33. The predicted molar refractivity (Wildman–Crippen MR) is 63.0 cm³/mol. The van der Waals surface area contributed by atoms with Crippen LogP contribution < -0.4 is 4.74 Å². The molecule has 3 nitrogen and oxygen atoms in total. The van der Waals surface area contributed by atoms with Crippen molar-refractivity contribution in [1.82, 2.24) is 4.90 Å². The fourth-order valence-corrected chi connectivity index (χ4v) is 1.43. The first-order chi connectivity index (χ1) is 7.58. The summed E-state index contributed by atoms with van der Waals surface area (Å²) in [4.78, 5) is 13.1. The molecule has 0 bridgehead atoms. The average molecular weight is 290 g/mol. The Balaban J connectivity index is 2.73. The number of carbonyl (C=O) groups excluding carboxylic acids is 1. The number of halogens is 2. The number of ether oxygens (including phenoxy) is 1. The van der Waals surface area contributed by atoms with E-state index < -0.39 is 11.9 Å². The van der Waals surface area contributed by atoms with Gasteiger partial charge < -0.3 is 9.64 Å². The van der Waals surface area contributed by atoms with E-state index in [9.17, 15) is 9.18 Å². The summed E-state index contributed by atoms with van der Waals surface area (Å²) in [5.41, 5.74) is 0. The van der Waals surface area contributed by atoms with Crippen LogP contribution in [-0.2, 0) is 0 Å². The van der Waals surface area contributed by atoms with Crippen LogP contribution in [0.15, 0.2) is 22.7 Å². The molecule has 0 aliphatic carbocycles. The molecular weight excluding hydrogens is 277 g/mol. The maximum absolute atomic E-state index is 13.1. The van der Waals surface area contributed by atoms with Gasteiger partial charge in [-0.25, -0.2) is 9.18 Å². The highest BCUT2D eigenvalue weighted by atomic mass is 79.9. The van der Waals surface area contributed by atoms with E-state index in [4.69, 9.17) is 4.74 Å². The molecule has 0 heterocycles. The molecule has 0 N–H and O–H groups in total. The molecule has 0 aromatic heterocycles. The Kier molecular flexibility index (Phi) is 4.73. The monoisotopic (exact) mass is 289 g/mol. The van der Waals surface area contributed by atoms with E-state index in [0.29, 0.717) is 17.6 Å². The molecule has 0 unspecified atom stereocenters. The molecule has 0 radical (unpaired) electrons. The van der Waals surface area contributed by atoms with Gasteiger partial charge in [0, 0.05) is 19.2 Å². The normalized spacial score (nSPS) is 10.0. The van der Waals surface area contributed by atoms with Gasteiger partial charge in [0.15, 0.2) is 0 Å². The number of benzene rings is 1. The Labute approximate surface area is 102 Å². The Bertz CT molecular complexity index is 380. The molecule has 1 amide bonds. The van der Waals surface area contributed by atoms with Crippen molar-refractivity contribution >= 4 is 22.0 Å². The summed E-state index contributed by atoms with van der Waals surface area (Å²) in [5.74, 6) is -0.248. The van der Waals surface area contributed by atoms with Crippen LogP contribution in [0.5, 0.6) is 5.75 Å². The van der Waals surface area contributed by atoms with E-state index in [2.05, 4.69) is 15.9 Å². The minimum Gasteiger partial charge on any atom is -0.410 e. The lowest BCUT2D eigenvalue weighted by Gasteiger charge is -2.17. The van der Waals surface area contributed by atoms with E-state index in [1.165, 1.54) is 23.1 Å². The molecule has 1 aromatic carbocycles. The third-order valence-electron chi connectivity index (χ3n) is 2.12. The van der Waals surface area contributed by atoms with E-state index in [0.717, 1.165) is 0 Å². The standard InChI is InChI=1S/C11H13BrFNO2/c1-3-14(4-2)11(15)16-8-5-6-9(12)10(13)7-8/h5-7H,3-4H2,1-2H3. The summed E-state index contributed by atoms with van der Waals surface area (Å²) in [5, 5.41) is 0. The van der Waals surface area contributed by atoms with Crippen molar-refractivity contribution in [3.63, 3.8) is 0 Å². The first-order valence-corrected chi connectivity index (χ1v) is 5.79. The van der Waals surface area contributed by atoms with Crippen LogP contribution in [0.4, 0.5) is 9.18 Å². The van der Waals surface area contributed by atoms with Crippen LogP contribution >= 0.6 is 15.9 Å². The molecule has 0 spiro atoms. The van der Waals surface area contributed by atoms with E-state index in [1.807, 2.05) is 13.8 Å². The number of hydrogen-bond donors (Lipinski definition) is 0. The number of hydrogen-bond acceptors (Lipinski definition) is 2. The predicted octanol–water partition coefficient (Wildman–Crippen LogP) is 3.43. The molecule has 5 heteroatoms. The van der Waals surface area contributed by atoms with Gasteiger partial charge in [0.1, 0.15) is 11.6 Å². The molecule has 0 fully saturated rings. The van der Waals surface area contributed by atoms with Crippen LogP contribution in [0.2, 0.25) is 0 Å². The number of nitrogens with zero attached hydrogens (tertiary/aromatic N) is 1. The van der Waals surface area contributed by atoms with Gasteiger partial charge in [-0.1, -0.05) is 0 Å². The minimum atomic E-state index is -0.466. The largest absolute Gasteiger partial charge is 0.415 e. The van der Waals surface area contributed by atoms with Crippen LogP contribution in [0, 0.1) is 5.82 Å². The first kappa shape index (κ1) is 13.0. The Morgan fingerprint density at radius 2 is 2.06 bits per heavy atom. The molecule has 16 heavy (non-hydrogen) atoms. The summed E-state index contributed by atoms with van der Waals surface area (Å²) in [6.45, 7) is 4.84. The van der Waals surface area contributed by atoms with Crippen molar-refractivity contribution in [2.75, 3.05) is 13.1 Å². The summed E-state index contributed by atoms with van der Waals surface area (Å²) < 4.78 is 18.5. The molecule has 88 valence electrons. The highest BCUT2D eigenvalue weighted by molar-refractivity contribution is 9.10. The fraction of sp³-hybridized carbons (Fsp3) is 0.364. The van der Waals surface area contributed by atoms with Gasteiger partial charge in [0.2, 0.25) is 0 Å². The molecule has 0 saturated carbocycles. The molecule has 1 aromatic rings. The third kappa shape index (κ3) is 3.20. The van der Waals surface area contributed by atoms with Gasteiger partial charge >= 0.3 is 6.09 Å². The summed E-state index contributed by atoms with van der Waals surface area (Å²) in [6, 6.07) is 4.21. The van der Waals surface area contributed by atoms with Gasteiger partial charge in [-0.05, 0) is 41.9 Å². The highest BCUT2D eigenvalue weighted by Gasteiger charge is 2.12. The maximum atomic E-state index is 13.1. The van der Waals surface area contributed by atoms with Gasteiger partial charge in [-0.15, -0.1) is 0 Å². The van der Waals surface area contributed by atoms with Gasteiger partial charge in [-0.2, -0.15) is 0 Å². The number of amides is 1. The molecule has 0 aliphatic rings. The second-order valence-corrected chi connectivity index (χ2v) is 3.97. The zero-order chi connectivity index (χ0) is 12.1. The molecule has 0 saturated heterocycles. The van der Waals surface area contributed by atoms with Crippen LogP contribution in [0.1, 0.15) is 13.8 Å². The van der Waals surface area contributed by atoms with E-state index in [-0.39, 0.29) is 5.75 Å². The topological polar surface area (TPSA) is 29.5 Å². The third-order valence-corrected chi connectivity index (χ3v) is 2.76. The highest BCUT2D eigenvalue weighted by Crippen LogP contribution is 2.21. The average Bonchev–Trinajstić information content (AvgIpc) is 2.25. The second kappa shape index (κ2) is 5.84. The summed E-state index contributed by atoms with van der Waals surface area (Å²) in [7, 11) is 0. The fourth-order valence-electron chi connectivity index (χ4n) is 1.19. The van der Waals surface area contributed by atoms with Crippen LogP contribution in [0.3, 0.4) is 0 Å². The van der Waals surface area contributed by atoms with Crippen molar-refractivity contribution in [2.45, 2.75) is 13.8 Å². The lowest BCUT2D eigenvalue weighted by atomic mass is 10.3. The quantitative estimate of drug-likeness (QED) is 0.853. The SMILES string of the molecule is CCN(CC)C(=O)Oc1ccc(Br)c(F)c1. The van der Waals surface area contributed by atoms with Gasteiger partial charge in [-0.3, -0.25) is 0 Å². The van der Waals surface area contributed by atoms with Crippen molar-refractivity contribution in [3.05, 3.63) is 28.5 Å². The number of rotatable bonds is 3. The summed E-state index contributed by atoms with van der Waals surface area (Å²) in [6.07, 6.45) is -0.466. The Morgan fingerprint density at radius 1 is 1.44 bits per heavy atom. The zero-order valence-corrected chi connectivity index (χ0v) is 10.8. The maximum Gasteiger partial charge on any atom is 0.415 e. The van der Waals surface area contributed by atoms with Crippen LogP contribution in [-0.4, -0.2) is 24.1 Å². The first-order valence-electron chi connectivity index (χ1n) is 5.00. The summed E-state index contributed by atoms with van der Waals surface area (Å²) >= 11 is 3.03. The lowest BCUT2D eigenvalue weighted by molar-refractivity contribution is 0.157. The Morgan fingerprint density at radius 3 is 2.56 bits per heavy atom. The van der Waals surface area contributed by atoms with E-state index in [1.54, 1.807) is 0 Å². The Hall–Kier alpha value is -1.10. The van der Waals surface area contributed by atoms with Gasteiger partial charge in [0.05, 0.1) is 4.47 Å². The van der Waals surface area contributed by atoms with Crippen molar-refractivity contribution in [2.24, 2.45) is 0 Å². The van der Waals surface area contributed by atoms with Gasteiger partial charge in [0.25, 0.3) is 0 Å². The smallest absolute Gasteiger partial charge is 0.410 e. The van der Waals surface area contributed by atoms with Crippen LogP contribution in [0.25, 0.3) is 0 Å².